The number of hydrogen-bond donors (Lipinski definition) is 4. The number of benzene rings is 1. The van der Waals surface area contributed by atoms with Gasteiger partial charge in [0.1, 0.15) is 17.8 Å². The summed E-state index contributed by atoms with van der Waals surface area (Å²) in [5.74, 6) is -0.513. The van der Waals surface area contributed by atoms with Crippen molar-refractivity contribution in [1.29, 1.82) is 5.41 Å². The zero-order valence-electron chi connectivity index (χ0n) is 18.3. The number of rotatable bonds is 5. The van der Waals surface area contributed by atoms with Crippen LogP contribution in [0.1, 0.15) is 24.0 Å². The Kier molecular flexibility index (Phi) is 6.28. The molecule has 0 aliphatic carbocycles. The highest BCUT2D eigenvalue weighted by Crippen LogP contribution is 2.34. The summed E-state index contributed by atoms with van der Waals surface area (Å²) in [5, 5.41) is 17.6. The van der Waals surface area contributed by atoms with Gasteiger partial charge in [-0.25, -0.2) is 0 Å². The topological polar surface area (TPSA) is 155 Å². The third-order valence-electron chi connectivity index (χ3n) is 6.57. The van der Waals surface area contributed by atoms with Gasteiger partial charge < -0.3 is 30.1 Å². The van der Waals surface area contributed by atoms with Crippen LogP contribution in [0, 0.1) is 10.8 Å². The molecule has 3 aliphatic heterocycles. The number of nitrogens with zero attached hydrogens (tertiary/aromatic N) is 2. The van der Waals surface area contributed by atoms with E-state index >= 15 is 0 Å². The van der Waals surface area contributed by atoms with E-state index in [2.05, 4.69) is 0 Å². The van der Waals surface area contributed by atoms with E-state index in [-0.39, 0.29) is 31.3 Å². The highest BCUT2D eigenvalue weighted by atomic mass is 16.5. The van der Waals surface area contributed by atoms with Gasteiger partial charge in [-0.2, -0.15) is 0 Å². The van der Waals surface area contributed by atoms with Crippen LogP contribution in [0.2, 0.25) is 0 Å². The van der Waals surface area contributed by atoms with Crippen molar-refractivity contribution in [3.05, 3.63) is 53.3 Å². The average molecular weight is 456 g/mol. The van der Waals surface area contributed by atoms with E-state index in [0.29, 0.717) is 37.5 Å². The molecule has 3 aliphatic rings. The summed E-state index contributed by atoms with van der Waals surface area (Å²) in [4.78, 5) is 28.3. The van der Waals surface area contributed by atoms with E-state index in [4.69, 9.17) is 26.4 Å². The minimum atomic E-state index is -1.08. The average Bonchev–Trinajstić information content (AvgIpc) is 2.82. The zero-order chi connectivity index (χ0) is 23.6. The molecule has 1 unspecified atom stereocenters. The van der Waals surface area contributed by atoms with Crippen molar-refractivity contribution < 1.29 is 24.2 Å². The van der Waals surface area contributed by atoms with Crippen molar-refractivity contribution in [3.63, 3.8) is 0 Å². The molecular weight excluding hydrogens is 426 g/mol. The second kappa shape index (κ2) is 9.14. The SMILES string of the molecule is N=C(N)N1CCc2ccc(OCC3(C(=O)O)CCN(C(=O)C4=COC(N)C=C4)CC3)cc2C1. The largest absolute Gasteiger partial charge is 0.492 e. The van der Waals surface area contributed by atoms with Crippen molar-refractivity contribution in [2.75, 3.05) is 26.2 Å². The van der Waals surface area contributed by atoms with E-state index in [1.807, 2.05) is 18.2 Å². The molecule has 0 radical (unpaired) electrons. The molecule has 6 N–H and O–H groups in total. The van der Waals surface area contributed by atoms with Crippen molar-refractivity contribution in [3.8, 4) is 5.75 Å². The van der Waals surface area contributed by atoms with Crippen LogP contribution < -0.4 is 16.2 Å². The fraction of sp³-hybridized carbons (Fsp3) is 0.435. The van der Waals surface area contributed by atoms with Crippen LogP contribution in [0.25, 0.3) is 0 Å². The fourth-order valence-corrected chi connectivity index (χ4v) is 4.35. The first-order valence-electron chi connectivity index (χ1n) is 10.9. The number of carbonyl (C=O) groups is 2. The van der Waals surface area contributed by atoms with Crippen LogP contribution in [0.4, 0.5) is 0 Å². The van der Waals surface area contributed by atoms with Gasteiger partial charge in [-0.15, -0.1) is 0 Å². The van der Waals surface area contributed by atoms with E-state index in [9.17, 15) is 14.7 Å². The van der Waals surface area contributed by atoms with Crippen LogP contribution in [0.3, 0.4) is 0 Å². The van der Waals surface area contributed by atoms with Gasteiger partial charge in [-0.3, -0.25) is 20.7 Å². The summed E-state index contributed by atoms with van der Waals surface area (Å²) >= 11 is 0. The molecule has 1 aromatic carbocycles. The van der Waals surface area contributed by atoms with Gasteiger partial charge in [-0.1, -0.05) is 6.07 Å². The third kappa shape index (κ3) is 4.80. The van der Waals surface area contributed by atoms with Crippen molar-refractivity contribution in [2.45, 2.75) is 32.0 Å². The zero-order valence-corrected chi connectivity index (χ0v) is 18.3. The lowest BCUT2D eigenvalue weighted by Gasteiger charge is -2.38. The first kappa shape index (κ1) is 22.7. The summed E-state index contributed by atoms with van der Waals surface area (Å²) in [5.41, 5.74) is 12.7. The van der Waals surface area contributed by atoms with Crippen LogP contribution >= 0.6 is 0 Å². The number of carbonyl (C=O) groups excluding carboxylic acids is 1. The molecule has 10 heteroatoms. The Labute approximate surface area is 191 Å². The summed E-state index contributed by atoms with van der Waals surface area (Å²) < 4.78 is 11.1. The molecule has 0 bridgehead atoms. The summed E-state index contributed by atoms with van der Waals surface area (Å²) in [7, 11) is 0. The van der Waals surface area contributed by atoms with Gasteiger partial charge in [-0.05, 0) is 54.7 Å². The van der Waals surface area contributed by atoms with Crippen LogP contribution in [-0.4, -0.2) is 65.2 Å². The Morgan fingerprint density at radius 1 is 1.21 bits per heavy atom. The molecule has 1 fully saturated rings. The van der Waals surface area contributed by atoms with Gasteiger partial charge in [0.15, 0.2) is 12.2 Å². The van der Waals surface area contributed by atoms with Gasteiger partial charge >= 0.3 is 5.97 Å². The highest BCUT2D eigenvalue weighted by Gasteiger charge is 2.43. The molecule has 4 rings (SSSR count). The Morgan fingerprint density at radius 2 is 1.97 bits per heavy atom. The Bertz CT molecular complexity index is 1010. The molecule has 0 spiro atoms. The minimum absolute atomic E-state index is 0.0140. The quantitative estimate of drug-likeness (QED) is 0.375. The number of nitrogens with one attached hydrogen (secondary N) is 1. The normalized spacial score (nSPS) is 21.5. The first-order valence-corrected chi connectivity index (χ1v) is 10.9. The summed E-state index contributed by atoms with van der Waals surface area (Å²) in [6.45, 7) is 1.86. The number of nitrogens with two attached hydrogens (primary N) is 2. The molecule has 0 aromatic heterocycles. The number of likely N-dealkylation sites (tertiary alicyclic amines) is 1. The van der Waals surface area contributed by atoms with E-state index in [1.54, 1.807) is 22.0 Å². The highest BCUT2D eigenvalue weighted by molar-refractivity contribution is 5.96. The van der Waals surface area contributed by atoms with Gasteiger partial charge in [0, 0.05) is 26.2 Å². The maximum Gasteiger partial charge on any atom is 0.313 e. The van der Waals surface area contributed by atoms with E-state index in [1.165, 1.54) is 11.8 Å². The number of aliphatic carboxylic acids is 1. The molecule has 176 valence electrons. The number of fused-ring (bicyclic) bond motifs is 1. The number of guanidine groups is 1. The maximum absolute atomic E-state index is 12.7. The van der Waals surface area contributed by atoms with Gasteiger partial charge in [0.25, 0.3) is 5.91 Å². The number of ether oxygens (including phenoxy) is 2. The smallest absolute Gasteiger partial charge is 0.313 e. The molecular formula is C23H29N5O5. The lowest BCUT2D eigenvalue weighted by Crippen LogP contribution is -2.49. The fourth-order valence-electron chi connectivity index (χ4n) is 4.35. The number of carboxylic acids is 1. The molecule has 1 saturated heterocycles. The molecule has 1 atom stereocenters. The van der Waals surface area contributed by atoms with Crippen LogP contribution in [-0.2, 0) is 27.3 Å². The molecule has 1 amide bonds. The molecule has 3 heterocycles. The van der Waals surface area contributed by atoms with Crippen LogP contribution in [0.15, 0.2) is 42.2 Å². The number of piperidine rings is 1. The predicted octanol–water partition coefficient (Wildman–Crippen LogP) is 0.765. The number of carboxylic acid groups (broad SMARTS) is 1. The number of hydrogen-bond acceptors (Lipinski definition) is 6. The molecule has 10 nitrogen and oxygen atoms in total. The standard InChI is InChI=1S/C23H29N5O5/c24-19-4-2-16(13-32-19)20(29)27-9-6-23(7-10-27,21(30)31)14-33-18-3-1-15-5-8-28(22(25)26)12-17(15)11-18/h1-4,11,13,19H,5-10,12,14,24H2,(H3,25,26)(H,30,31). The molecule has 33 heavy (non-hydrogen) atoms. The van der Waals surface area contributed by atoms with Crippen molar-refractivity contribution >= 4 is 17.8 Å². The van der Waals surface area contributed by atoms with Crippen molar-refractivity contribution in [1.82, 2.24) is 9.80 Å². The molecule has 1 aromatic rings. The Morgan fingerprint density at radius 3 is 2.61 bits per heavy atom. The van der Waals surface area contributed by atoms with Gasteiger partial charge in [0.2, 0.25) is 0 Å². The summed E-state index contributed by atoms with van der Waals surface area (Å²) in [6, 6.07) is 5.73. The Hall–Kier alpha value is -3.53. The van der Waals surface area contributed by atoms with Crippen molar-refractivity contribution in [2.24, 2.45) is 16.9 Å². The third-order valence-corrected chi connectivity index (χ3v) is 6.57. The second-order valence-corrected chi connectivity index (χ2v) is 8.69. The lowest BCUT2D eigenvalue weighted by atomic mass is 9.79. The monoisotopic (exact) mass is 455 g/mol. The summed E-state index contributed by atoms with van der Waals surface area (Å²) in [6.07, 6.45) is 5.37. The molecule has 0 saturated carbocycles. The van der Waals surface area contributed by atoms with Crippen LogP contribution in [0.5, 0.6) is 5.75 Å². The maximum atomic E-state index is 12.7. The van der Waals surface area contributed by atoms with Gasteiger partial charge in [0.05, 0.1) is 11.8 Å². The number of amides is 1. The predicted molar refractivity (Wildman–Crippen MR) is 120 cm³/mol. The first-order chi connectivity index (χ1) is 15.8. The Balaban J connectivity index is 1.39. The van der Waals surface area contributed by atoms with E-state index < -0.39 is 17.6 Å². The lowest BCUT2D eigenvalue weighted by molar-refractivity contribution is -0.156. The van der Waals surface area contributed by atoms with E-state index in [0.717, 1.165) is 12.0 Å². The minimum Gasteiger partial charge on any atom is -0.492 e. The second-order valence-electron chi connectivity index (χ2n) is 8.69.